The first-order valence-corrected chi connectivity index (χ1v) is 10.9. The fraction of sp³-hybridized carbons (Fsp3) is 0.333. The molecule has 0 saturated carbocycles. The van der Waals surface area contributed by atoms with Crippen LogP contribution in [0.25, 0.3) is 0 Å². The van der Waals surface area contributed by atoms with Gasteiger partial charge in [-0.1, -0.05) is 24.6 Å². The Bertz CT molecular complexity index is 998. The summed E-state index contributed by atoms with van der Waals surface area (Å²) in [6, 6.07) is 12.8. The molecule has 0 aromatic heterocycles. The minimum Gasteiger partial charge on any atom is -0.465 e. The summed E-state index contributed by atoms with van der Waals surface area (Å²) in [6.45, 7) is 1.25. The zero-order chi connectivity index (χ0) is 20.9. The number of esters is 1. The number of methoxy groups -OCH3 is 1. The molecule has 7 nitrogen and oxygen atoms in total. The number of nitrogens with zero attached hydrogens (tertiary/aromatic N) is 1. The van der Waals surface area contributed by atoms with Crippen LogP contribution in [0.2, 0.25) is 0 Å². The maximum Gasteiger partial charge on any atom is 0.337 e. The molecule has 8 heteroatoms. The Morgan fingerprint density at radius 1 is 1.00 bits per heavy atom. The van der Waals surface area contributed by atoms with Crippen molar-refractivity contribution in [3.8, 4) is 0 Å². The average molecular weight is 416 g/mol. The molecule has 1 aliphatic rings. The monoisotopic (exact) mass is 416 g/mol. The van der Waals surface area contributed by atoms with E-state index in [0.717, 1.165) is 19.3 Å². The van der Waals surface area contributed by atoms with E-state index < -0.39 is 16.0 Å². The van der Waals surface area contributed by atoms with Crippen LogP contribution in [0.4, 0.5) is 0 Å². The molecule has 0 atom stereocenters. The van der Waals surface area contributed by atoms with Gasteiger partial charge in [0, 0.05) is 25.2 Å². The second kappa shape index (κ2) is 9.19. The Labute approximate surface area is 170 Å². The van der Waals surface area contributed by atoms with Crippen molar-refractivity contribution in [3.05, 3.63) is 65.2 Å². The van der Waals surface area contributed by atoms with Crippen LogP contribution in [0.1, 0.15) is 45.5 Å². The third-order valence-electron chi connectivity index (χ3n) is 4.85. The smallest absolute Gasteiger partial charge is 0.337 e. The molecule has 1 saturated heterocycles. The normalized spacial score (nSPS) is 14.9. The van der Waals surface area contributed by atoms with E-state index in [1.54, 1.807) is 42.5 Å². The Morgan fingerprint density at radius 3 is 2.41 bits per heavy atom. The summed E-state index contributed by atoms with van der Waals surface area (Å²) in [5.41, 5.74) is 1.29. The summed E-state index contributed by atoms with van der Waals surface area (Å²) in [5.74, 6) is -0.879. The molecule has 0 radical (unpaired) electrons. The van der Waals surface area contributed by atoms with E-state index in [1.807, 2.05) is 0 Å². The van der Waals surface area contributed by atoms with E-state index in [1.165, 1.54) is 17.5 Å². The van der Waals surface area contributed by atoms with Gasteiger partial charge in [-0.2, -0.15) is 4.31 Å². The van der Waals surface area contributed by atoms with E-state index >= 15 is 0 Å². The minimum absolute atomic E-state index is 0.171. The van der Waals surface area contributed by atoms with E-state index in [-0.39, 0.29) is 22.9 Å². The van der Waals surface area contributed by atoms with Gasteiger partial charge < -0.3 is 10.1 Å². The molecule has 0 unspecified atom stereocenters. The highest BCUT2D eigenvalue weighted by Gasteiger charge is 2.26. The van der Waals surface area contributed by atoms with Gasteiger partial charge in [-0.3, -0.25) is 4.79 Å². The lowest BCUT2D eigenvalue weighted by Gasteiger charge is -2.26. The second-order valence-electron chi connectivity index (χ2n) is 6.87. The zero-order valence-electron chi connectivity index (χ0n) is 16.3. The number of hydrogen-bond acceptors (Lipinski definition) is 5. The summed E-state index contributed by atoms with van der Waals surface area (Å²) in [5, 5.41) is 2.76. The van der Waals surface area contributed by atoms with Gasteiger partial charge >= 0.3 is 5.97 Å². The minimum atomic E-state index is -3.52. The number of nitrogens with one attached hydrogen (secondary N) is 1. The third-order valence-corrected chi connectivity index (χ3v) is 6.74. The van der Waals surface area contributed by atoms with E-state index in [2.05, 4.69) is 10.1 Å². The highest BCUT2D eigenvalue weighted by Crippen LogP contribution is 2.21. The standard InChI is InChI=1S/C21H24N2O5S/c1-28-21(25)18-9-6-8-17(14-18)20(24)22-15-16-7-5-10-19(13-16)29(26,27)23-11-3-2-4-12-23/h5-10,13-14H,2-4,11-12,15H2,1H3,(H,22,24). The van der Waals surface area contributed by atoms with Gasteiger partial charge in [0.2, 0.25) is 10.0 Å². The van der Waals surface area contributed by atoms with E-state index in [0.29, 0.717) is 24.2 Å². The van der Waals surface area contributed by atoms with Crippen LogP contribution in [0.15, 0.2) is 53.4 Å². The molecule has 2 aromatic rings. The number of hydrogen-bond donors (Lipinski definition) is 1. The van der Waals surface area contributed by atoms with Crippen LogP contribution in [0.3, 0.4) is 0 Å². The second-order valence-corrected chi connectivity index (χ2v) is 8.81. The van der Waals surface area contributed by atoms with Gasteiger partial charge in [0.05, 0.1) is 17.6 Å². The molecular formula is C21H24N2O5S. The fourth-order valence-corrected chi connectivity index (χ4v) is 4.85. The molecule has 0 bridgehead atoms. The van der Waals surface area contributed by atoms with Gasteiger partial charge in [-0.25, -0.2) is 13.2 Å². The van der Waals surface area contributed by atoms with Crippen LogP contribution < -0.4 is 5.32 Å². The summed E-state index contributed by atoms with van der Waals surface area (Å²) in [7, 11) is -2.25. The number of carbonyl (C=O) groups excluding carboxylic acids is 2. The number of piperidine rings is 1. The quantitative estimate of drug-likeness (QED) is 0.731. The first kappa shape index (κ1) is 21.0. The molecule has 1 fully saturated rings. The first-order chi connectivity index (χ1) is 13.9. The summed E-state index contributed by atoms with van der Waals surface area (Å²) in [6.07, 6.45) is 2.80. The number of ether oxygens (including phenoxy) is 1. The largest absolute Gasteiger partial charge is 0.465 e. The summed E-state index contributed by atoms with van der Waals surface area (Å²) in [4.78, 5) is 24.3. The molecule has 3 rings (SSSR count). The molecule has 1 heterocycles. The van der Waals surface area contributed by atoms with E-state index in [9.17, 15) is 18.0 Å². The molecular weight excluding hydrogens is 392 g/mol. The van der Waals surface area contributed by atoms with Gasteiger partial charge in [-0.05, 0) is 48.7 Å². The van der Waals surface area contributed by atoms with Crippen LogP contribution in [0.5, 0.6) is 0 Å². The Kier molecular flexibility index (Phi) is 6.66. The number of amides is 1. The zero-order valence-corrected chi connectivity index (χ0v) is 17.1. The number of sulfonamides is 1. The SMILES string of the molecule is COC(=O)c1cccc(C(=O)NCc2cccc(S(=O)(=O)N3CCCCC3)c2)c1. The van der Waals surface area contributed by atoms with Crippen molar-refractivity contribution in [2.24, 2.45) is 0 Å². The molecule has 0 aliphatic carbocycles. The summed E-state index contributed by atoms with van der Waals surface area (Å²) >= 11 is 0. The third kappa shape index (κ3) is 5.02. The van der Waals surface area contributed by atoms with Gasteiger partial charge in [0.1, 0.15) is 0 Å². The van der Waals surface area contributed by atoms with Crippen molar-refractivity contribution in [1.82, 2.24) is 9.62 Å². The van der Waals surface area contributed by atoms with E-state index in [4.69, 9.17) is 0 Å². The van der Waals surface area contributed by atoms with Crippen molar-refractivity contribution in [2.45, 2.75) is 30.7 Å². The molecule has 29 heavy (non-hydrogen) atoms. The highest BCUT2D eigenvalue weighted by molar-refractivity contribution is 7.89. The van der Waals surface area contributed by atoms with Crippen molar-refractivity contribution >= 4 is 21.9 Å². The molecule has 0 spiro atoms. The Hall–Kier alpha value is -2.71. The molecule has 1 aliphatic heterocycles. The molecule has 1 N–H and O–H groups in total. The lowest BCUT2D eigenvalue weighted by atomic mass is 10.1. The maximum absolute atomic E-state index is 12.8. The highest BCUT2D eigenvalue weighted by atomic mass is 32.2. The molecule has 2 aromatic carbocycles. The Balaban J connectivity index is 1.69. The Morgan fingerprint density at radius 2 is 1.69 bits per heavy atom. The lowest BCUT2D eigenvalue weighted by molar-refractivity contribution is 0.0600. The number of benzene rings is 2. The van der Waals surface area contributed by atoms with Crippen LogP contribution >= 0.6 is 0 Å². The van der Waals surface area contributed by atoms with Crippen molar-refractivity contribution in [2.75, 3.05) is 20.2 Å². The fourth-order valence-electron chi connectivity index (χ4n) is 3.26. The van der Waals surface area contributed by atoms with Gasteiger partial charge in [0.15, 0.2) is 0 Å². The van der Waals surface area contributed by atoms with Crippen LogP contribution in [0, 0.1) is 0 Å². The first-order valence-electron chi connectivity index (χ1n) is 9.47. The summed E-state index contributed by atoms with van der Waals surface area (Å²) < 4.78 is 31.8. The number of carbonyl (C=O) groups is 2. The number of rotatable bonds is 6. The van der Waals surface area contributed by atoms with Crippen molar-refractivity contribution in [3.63, 3.8) is 0 Å². The predicted octanol–water partition coefficient (Wildman–Crippen LogP) is 2.58. The van der Waals surface area contributed by atoms with Gasteiger partial charge in [-0.15, -0.1) is 0 Å². The maximum atomic E-state index is 12.8. The van der Waals surface area contributed by atoms with Crippen molar-refractivity contribution in [1.29, 1.82) is 0 Å². The van der Waals surface area contributed by atoms with Crippen LogP contribution in [-0.2, 0) is 21.3 Å². The molecule has 1 amide bonds. The predicted molar refractivity (Wildman–Crippen MR) is 108 cm³/mol. The average Bonchev–Trinajstić information content (AvgIpc) is 2.77. The topological polar surface area (TPSA) is 92.8 Å². The van der Waals surface area contributed by atoms with Gasteiger partial charge in [0.25, 0.3) is 5.91 Å². The van der Waals surface area contributed by atoms with Crippen molar-refractivity contribution < 1.29 is 22.7 Å². The lowest BCUT2D eigenvalue weighted by Crippen LogP contribution is -2.35. The van der Waals surface area contributed by atoms with Crippen LogP contribution in [-0.4, -0.2) is 44.8 Å². The molecule has 154 valence electrons.